The summed E-state index contributed by atoms with van der Waals surface area (Å²) in [5.41, 5.74) is 5.16. The summed E-state index contributed by atoms with van der Waals surface area (Å²) < 4.78 is 12.4. The number of piperidine rings is 1. The van der Waals surface area contributed by atoms with Crippen LogP contribution in [-0.4, -0.2) is 34.9 Å². The van der Waals surface area contributed by atoms with E-state index in [1.165, 1.54) is 11.3 Å². The zero-order valence-electron chi connectivity index (χ0n) is 20.3. The number of rotatable bonds is 8. The largest absolute Gasteiger partial charge is 0.478 e. The van der Waals surface area contributed by atoms with Gasteiger partial charge >= 0.3 is 5.97 Å². The zero-order valence-corrected chi connectivity index (χ0v) is 21.8. The molecule has 0 radical (unpaired) electrons. The second-order valence-corrected chi connectivity index (χ2v) is 11.8. The lowest BCUT2D eigenvalue weighted by atomic mass is 10.00. The van der Waals surface area contributed by atoms with Crippen LogP contribution in [-0.2, 0) is 11.3 Å². The first kappa shape index (κ1) is 23.6. The molecular formula is C29H28Cl2N2O4. The molecule has 3 saturated carbocycles. The minimum absolute atomic E-state index is 0.167. The number of fused-ring (bicyclic) bond motifs is 2. The van der Waals surface area contributed by atoms with Crippen molar-refractivity contribution in [3.8, 4) is 11.3 Å². The third-order valence-corrected chi connectivity index (χ3v) is 9.12. The van der Waals surface area contributed by atoms with Crippen LogP contribution >= 0.6 is 23.2 Å². The van der Waals surface area contributed by atoms with E-state index >= 15 is 0 Å². The van der Waals surface area contributed by atoms with Crippen LogP contribution < -0.4 is 4.90 Å². The molecule has 1 N–H and O–H groups in total. The fourth-order valence-corrected chi connectivity index (χ4v) is 6.89. The molecule has 2 bridgehead atoms. The summed E-state index contributed by atoms with van der Waals surface area (Å²) in [6.45, 7) is 1.37. The van der Waals surface area contributed by atoms with E-state index in [2.05, 4.69) is 10.1 Å². The monoisotopic (exact) mass is 538 g/mol. The van der Waals surface area contributed by atoms with E-state index in [1.807, 2.05) is 30.3 Å². The first-order chi connectivity index (χ1) is 18.0. The first-order valence-corrected chi connectivity index (χ1v) is 13.9. The molecule has 7 rings (SSSR count). The van der Waals surface area contributed by atoms with Gasteiger partial charge in [-0.2, -0.15) is 0 Å². The van der Waals surface area contributed by atoms with Gasteiger partial charge in [-0.25, -0.2) is 4.79 Å². The Kier molecular flexibility index (Phi) is 5.76. The average Bonchev–Trinajstić information content (AvgIpc) is 3.80. The van der Waals surface area contributed by atoms with Crippen molar-refractivity contribution in [3.05, 3.63) is 68.9 Å². The number of carboxylic acids is 1. The van der Waals surface area contributed by atoms with E-state index in [-0.39, 0.29) is 6.10 Å². The molecule has 37 heavy (non-hydrogen) atoms. The standard InChI is InChI=1S/C29H28Cl2N2O4/c30-22-2-1-3-23(31)26(22)27-21(28(37-32-27)16-6-7-16)14-36-25-12-19-10-18(25)13-33(19)24-9-8-17(29(34)35)11-20(24)15-4-5-15/h1-3,8-9,11,15-16,18-19,25H,4-7,10,12-14H2,(H,34,35)/t18-,19-,25+/m0/s1. The van der Waals surface area contributed by atoms with Gasteiger partial charge < -0.3 is 19.3 Å². The van der Waals surface area contributed by atoms with E-state index < -0.39 is 5.97 Å². The Balaban J connectivity index is 1.09. The highest BCUT2D eigenvalue weighted by molar-refractivity contribution is 6.39. The van der Waals surface area contributed by atoms with E-state index in [0.717, 1.165) is 56.4 Å². The minimum Gasteiger partial charge on any atom is -0.478 e. The number of aromatic nitrogens is 1. The second kappa shape index (κ2) is 9.04. The number of nitrogens with zero attached hydrogens (tertiary/aromatic N) is 2. The highest BCUT2D eigenvalue weighted by atomic mass is 35.5. The van der Waals surface area contributed by atoms with Gasteiger partial charge in [0.2, 0.25) is 0 Å². The van der Waals surface area contributed by atoms with E-state index in [0.29, 0.717) is 57.3 Å². The predicted octanol–water partition coefficient (Wildman–Crippen LogP) is 7.29. The molecule has 4 aliphatic rings. The van der Waals surface area contributed by atoms with Gasteiger partial charge in [-0.15, -0.1) is 0 Å². The lowest BCUT2D eigenvalue weighted by molar-refractivity contribution is 0.0122. The summed E-state index contributed by atoms with van der Waals surface area (Å²) in [4.78, 5) is 14.0. The predicted molar refractivity (Wildman–Crippen MR) is 142 cm³/mol. The van der Waals surface area contributed by atoms with Crippen molar-refractivity contribution >= 4 is 34.9 Å². The number of aromatic carboxylic acids is 1. The number of hydrogen-bond donors (Lipinski definition) is 1. The van der Waals surface area contributed by atoms with Crippen LogP contribution in [0.4, 0.5) is 5.69 Å². The number of halogens is 2. The third kappa shape index (κ3) is 4.23. The van der Waals surface area contributed by atoms with Crippen molar-refractivity contribution in [1.29, 1.82) is 0 Å². The molecule has 0 spiro atoms. The SMILES string of the molecule is O=C(O)c1ccc(N2C[C@@H]3C[C@H]2C[C@H]3OCc2c(-c3c(Cl)cccc3Cl)noc2C2CC2)c(C2CC2)c1. The Morgan fingerprint density at radius 1 is 1.08 bits per heavy atom. The Morgan fingerprint density at radius 2 is 1.84 bits per heavy atom. The molecule has 8 heteroatoms. The lowest BCUT2D eigenvalue weighted by Crippen LogP contribution is -2.39. The zero-order chi connectivity index (χ0) is 25.3. The Labute approximate surface area is 225 Å². The molecule has 0 amide bonds. The van der Waals surface area contributed by atoms with Crippen LogP contribution in [0.2, 0.25) is 10.0 Å². The fourth-order valence-electron chi connectivity index (χ4n) is 6.31. The molecule has 3 aromatic rings. The average molecular weight is 539 g/mol. The van der Waals surface area contributed by atoms with Crippen molar-refractivity contribution in [2.24, 2.45) is 5.92 Å². The minimum atomic E-state index is -0.860. The molecule has 3 atom stereocenters. The van der Waals surface area contributed by atoms with E-state index in [9.17, 15) is 9.90 Å². The number of benzene rings is 2. The van der Waals surface area contributed by atoms with Crippen LogP contribution in [0.3, 0.4) is 0 Å². The number of carbonyl (C=O) groups is 1. The normalized spacial score (nSPS) is 24.7. The van der Waals surface area contributed by atoms with Gasteiger partial charge in [0.25, 0.3) is 0 Å². The van der Waals surface area contributed by atoms with Crippen molar-refractivity contribution in [2.75, 3.05) is 11.4 Å². The highest BCUT2D eigenvalue weighted by Gasteiger charge is 2.47. The lowest BCUT2D eigenvalue weighted by Gasteiger charge is -2.34. The van der Waals surface area contributed by atoms with Gasteiger partial charge in [0.1, 0.15) is 11.5 Å². The summed E-state index contributed by atoms with van der Waals surface area (Å²) in [6.07, 6.45) is 6.71. The topological polar surface area (TPSA) is 75.8 Å². The highest BCUT2D eigenvalue weighted by Crippen LogP contribution is 2.50. The van der Waals surface area contributed by atoms with Crippen molar-refractivity contribution in [3.63, 3.8) is 0 Å². The van der Waals surface area contributed by atoms with Crippen molar-refractivity contribution in [1.82, 2.24) is 5.16 Å². The molecular weight excluding hydrogens is 511 g/mol. The quantitative estimate of drug-likeness (QED) is 0.324. The van der Waals surface area contributed by atoms with Crippen LogP contribution in [0, 0.1) is 5.92 Å². The van der Waals surface area contributed by atoms with Gasteiger partial charge in [0.05, 0.1) is 28.3 Å². The first-order valence-electron chi connectivity index (χ1n) is 13.2. The summed E-state index contributed by atoms with van der Waals surface area (Å²) >= 11 is 13.0. The van der Waals surface area contributed by atoms with Gasteiger partial charge in [-0.3, -0.25) is 0 Å². The molecule has 2 heterocycles. The van der Waals surface area contributed by atoms with Gasteiger partial charge in [0.15, 0.2) is 0 Å². The van der Waals surface area contributed by atoms with Gasteiger partial charge in [-0.05, 0) is 80.3 Å². The molecule has 2 aromatic carbocycles. The molecule has 1 aromatic heterocycles. The molecule has 3 aliphatic carbocycles. The van der Waals surface area contributed by atoms with Crippen LogP contribution in [0.25, 0.3) is 11.3 Å². The van der Waals surface area contributed by atoms with Crippen LogP contribution in [0.1, 0.15) is 77.6 Å². The Bertz CT molecular complexity index is 1360. The fraction of sp³-hybridized carbons (Fsp3) is 0.448. The van der Waals surface area contributed by atoms with Crippen LogP contribution in [0.15, 0.2) is 40.9 Å². The van der Waals surface area contributed by atoms with Crippen molar-refractivity contribution in [2.45, 2.75) is 69.1 Å². The summed E-state index contributed by atoms with van der Waals surface area (Å²) in [5.74, 6) is 1.37. The van der Waals surface area contributed by atoms with Crippen LogP contribution in [0.5, 0.6) is 0 Å². The van der Waals surface area contributed by atoms with E-state index in [4.69, 9.17) is 32.5 Å². The summed E-state index contributed by atoms with van der Waals surface area (Å²) in [6, 6.07) is 11.5. The maximum Gasteiger partial charge on any atom is 0.335 e. The molecule has 1 saturated heterocycles. The molecule has 6 nitrogen and oxygen atoms in total. The number of ether oxygens (including phenoxy) is 1. The number of anilines is 1. The van der Waals surface area contributed by atoms with E-state index in [1.54, 1.807) is 6.07 Å². The summed E-state index contributed by atoms with van der Waals surface area (Å²) in [7, 11) is 0. The third-order valence-electron chi connectivity index (χ3n) is 8.49. The smallest absolute Gasteiger partial charge is 0.335 e. The number of hydrogen-bond acceptors (Lipinski definition) is 5. The maximum absolute atomic E-state index is 11.5. The molecule has 0 unspecified atom stereocenters. The number of carboxylic acid groups (broad SMARTS) is 1. The Morgan fingerprint density at radius 3 is 2.49 bits per heavy atom. The van der Waals surface area contributed by atoms with Crippen molar-refractivity contribution < 1.29 is 19.2 Å². The molecule has 4 fully saturated rings. The van der Waals surface area contributed by atoms with Gasteiger partial charge in [-0.1, -0.05) is 34.4 Å². The maximum atomic E-state index is 11.5. The molecule has 1 aliphatic heterocycles. The van der Waals surface area contributed by atoms with Gasteiger partial charge in [0, 0.05) is 41.2 Å². The second-order valence-electron chi connectivity index (χ2n) is 11.0. The molecule has 192 valence electrons. The Hall–Kier alpha value is -2.54. The summed E-state index contributed by atoms with van der Waals surface area (Å²) in [5, 5.41) is 15.0.